The highest BCUT2D eigenvalue weighted by molar-refractivity contribution is 9.10. The lowest BCUT2D eigenvalue weighted by Crippen LogP contribution is -2.14. The predicted octanol–water partition coefficient (Wildman–Crippen LogP) is 2.34. The molecule has 2 aromatic rings. The van der Waals surface area contributed by atoms with Gasteiger partial charge in [0.05, 0.1) is 10.5 Å². The molecule has 0 atom stereocenters. The van der Waals surface area contributed by atoms with Gasteiger partial charge in [-0.15, -0.1) is 0 Å². The summed E-state index contributed by atoms with van der Waals surface area (Å²) in [5, 5.41) is 8.84. The van der Waals surface area contributed by atoms with Crippen molar-refractivity contribution in [2.45, 2.75) is 4.90 Å². The van der Waals surface area contributed by atoms with Crippen molar-refractivity contribution in [2.75, 3.05) is 4.72 Å². The van der Waals surface area contributed by atoms with Crippen LogP contribution >= 0.6 is 15.9 Å². The van der Waals surface area contributed by atoms with Crippen molar-refractivity contribution in [2.24, 2.45) is 0 Å². The zero-order valence-electron chi connectivity index (χ0n) is 9.95. The van der Waals surface area contributed by atoms with Crippen LogP contribution in [0.3, 0.4) is 0 Å². The molecule has 1 heterocycles. The zero-order valence-corrected chi connectivity index (χ0v) is 12.3. The topological polar surface area (TPSA) is 96.4 Å². The van der Waals surface area contributed by atoms with E-state index >= 15 is 0 Å². The van der Waals surface area contributed by atoms with Crippen molar-refractivity contribution in [3.05, 3.63) is 52.6 Å². The predicted molar refractivity (Wildman–Crippen MR) is 76.1 cm³/mol. The molecule has 0 aliphatic carbocycles. The number of hydrogen-bond donors (Lipinski definition) is 2. The van der Waals surface area contributed by atoms with E-state index in [0.29, 0.717) is 0 Å². The second kappa shape index (κ2) is 5.59. The van der Waals surface area contributed by atoms with E-state index in [9.17, 15) is 13.2 Å². The SMILES string of the molecule is O=C(O)c1ccnc(NS(=O)(=O)c2ccc(Br)cc2)c1. The van der Waals surface area contributed by atoms with Crippen molar-refractivity contribution in [3.8, 4) is 0 Å². The Morgan fingerprint density at radius 2 is 1.85 bits per heavy atom. The Kier molecular flexibility index (Phi) is 4.05. The van der Waals surface area contributed by atoms with Gasteiger partial charge in [-0.05, 0) is 36.4 Å². The van der Waals surface area contributed by atoms with E-state index in [0.717, 1.165) is 10.5 Å². The van der Waals surface area contributed by atoms with E-state index in [4.69, 9.17) is 5.11 Å². The summed E-state index contributed by atoms with van der Waals surface area (Å²) in [4.78, 5) is 14.7. The highest BCUT2D eigenvalue weighted by atomic mass is 79.9. The minimum Gasteiger partial charge on any atom is -0.478 e. The third-order valence-electron chi connectivity index (χ3n) is 2.37. The number of nitrogens with one attached hydrogen (secondary N) is 1. The van der Waals surface area contributed by atoms with Gasteiger partial charge in [0.15, 0.2) is 0 Å². The van der Waals surface area contributed by atoms with Crippen LogP contribution < -0.4 is 4.72 Å². The maximum absolute atomic E-state index is 12.1. The quantitative estimate of drug-likeness (QED) is 0.876. The minimum absolute atomic E-state index is 0.0477. The van der Waals surface area contributed by atoms with Gasteiger partial charge in [-0.3, -0.25) is 4.72 Å². The summed E-state index contributed by atoms with van der Waals surface area (Å²) in [6, 6.07) is 8.46. The van der Waals surface area contributed by atoms with Gasteiger partial charge in [-0.2, -0.15) is 0 Å². The molecule has 0 aliphatic heterocycles. The smallest absolute Gasteiger partial charge is 0.335 e. The summed E-state index contributed by atoms with van der Waals surface area (Å²) >= 11 is 3.21. The number of carboxylic acid groups (broad SMARTS) is 1. The fraction of sp³-hybridized carbons (Fsp3) is 0. The number of aromatic carboxylic acids is 1. The van der Waals surface area contributed by atoms with E-state index in [1.54, 1.807) is 12.1 Å². The average Bonchev–Trinajstić information content (AvgIpc) is 2.39. The normalized spacial score (nSPS) is 11.1. The molecule has 0 aliphatic rings. The molecule has 104 valence electrons. The Labute approximate surface area is 123 Å². The summed E-state index contributed by atoms with van der Waals surface area (Å²) in [6.07, 6.45) is 1.23. The van der Waals surface area contributed by atoms with Gasteiger partial charge in [0.2, 0.25) is 0 Å². The number of pyridine rings is 1. The summed E-state index contributed by atoms with van der Waals surface area (Å²) in [6.45, 7) is 0. The maximum Gasteiger partial charge on any atom is 0.335 e. The highest BCUT2D eigenvalue weighted by Crippen LogP contribution is 2.18. The van der Waals surface area contributed by atoms with Gasteiger partial charge in [0.25, 0.3) is 10.0 Å². The van der Waals surface area contributed by atoms with Crippen LogP contribution in [0, 0.1) is 0 Å². The number of anilines is 1. The third-order valence-corrected chi connectivity index (χ3v) is 4.27. The molecule has 2 rings (SSSR count). The van der Waals surface area contributed by atoms with Crippen LogP contribution in [-0.4, -0.2) is 24.5 Å². The molecule has 1 aromatic heterocycles. The van der Waals surface area contributed by atoms with Crippen LogP contribution in [0.4, 0.5) is 5.82 Å². The second-order valence-electron chi connectivity index (χ2n) is 3.79. The molecule has 20 heavy (non-hydrogen) atoms. The van der Waals surface area contributed by atoms with Gasteiger partial charge < -0.3 is 5.11 Å². The van der Waals surface area contributed by atoms with Crippen LogP contribution in [0.1, 0.15) is 10.4 Å². The van der Waals surface area contributed by atoms with Crippen molar-refractivity contribution < 1.29 is 18.3 Å². The molecule has 1 aromatic carbocycles. The summed E-state index contributed by atoms with van der Waals surface area (Å²) in [5.41, 5.74) is -0.0477. The number of halogens is 1. The summed E-state index contributed by atoms with van der Waals surface area (Å²) in [7, 11) is -3.80. The first kappa shape index (κ1) is 14.5. The first-order chi connectivity index (χ1) is 9.38. The molecule has 0 amide bonds. The van der Waals surface area contributed by atoms with Crippen LogP contribution in [0.2, 0.25) is 0 Å². The molecule has 0 fully saturated rings. The molecule has 0 saturated heterocycles. The molecule has 6 nitrogen and oxygen atoms in total. The van der Waals surface area contributed by atoms with Gasteiger partial charge in [0, 0.05) is 10.7 Å². The number of rotatable bonds is 4. The van der Waals surface area contributed by atoms with E-state index in [1.807, 2.05) is 0 Å². The van der Waals surface area contributed by atoms with Crippen molar-refractivity contribution in [3.63, 3.8) is 0 Å². The van der Waals surface area contributed by atoms with Crippen LogP contribution in [0.5, 0.6) is 0 Å². The first-order valence-corrected chi connectivity index (χ1v) is 7.64. The van der Waals surface area contributed by atoms with Crippen molar-refractivity contribution in [1.29, 1.82) is 0 Å². The van der Waals surface area contributed by atoms with Crippen LogP contribution in [0.25, 0.3) is 0 Å². The Balaban J connectivity index is 2.31. The Hall–Kier alpha value is -1.93. The molecule has 0 spiro atoms. The number of benzene rings is 1. The zero-order chi connectivity index (χ0) is 14.8. The molecule has 0 saturated carbocycles. The number of sulfonamides is 1. The number of nitrogens with zero attached hydrogens (tertiary/aromatic N) is 1. The van der Waals surface area contributed by atoms with E-state index in [2.05, 4.69) is 25.6 Å². The maximum atomic E-state index is 12.1. The summed E-state index contributed by atoms with van der Waals surface area (Å²) in [5.74, 6) is -1.20. The number of carbonyl (C=O) groups is 1. The molecule has 2 N–H and O–H groups in total. The Bertz CT molecular complexity index is 744. The van der Waals surface area contributed by atoms with E-state index in [1.165, 1.54) is 24.4 Å². The van der Waals surface area contributed by atoms with Gasteiger partial charge >= 0.3 is 5.97 Å². The fourth-order valence-electron chi connectivity index (χ4n) is 1.43. The molecule has 8 heteroatoms. The number of hydrogen-bond acceptors (Lipinski definition) is 4. The van der Waals surface area contributed by atoms with E-state index < -0.39 is 16.0 Å². The molecule has 0 bridgehead atoms. The van der Waals surface area contributed by atoms with Crippen LogP contribution in [0.15, 0.2) is 52.0 Å². The standard InChI is InChI=1S/C12H9BrN2O4S/c13-9-1-3-10(4-2-9)20(18,19)15-11-7-8(12(16)17)5-6-14-11/h1-7H,(H,14,15)(H,16,17). The molecular formula is C12H9BrN2O4S. The summed E-state index contributed by atoms with van der Waals surface area (Å²) < 4.78 is 27.1. The van der Waals surface area contributed by atoms with Crippen LogP contribution in [-0.2, 0) is 10.0 Å². The minimum atomic E-state index is -3.80. The van der Waals surface area contributed by atoms with E-state index in [-0.39, 0.29) is 16.3 Å². The molecular weight excluding hydrogens is 348 g/mol. The monoisotopic (exact) mass is 356 g/mol. The number of carboxylic acids is 1. The third kappa shape index (κ3) is 3.34. The van der Waals surface area contributed by atoms with Gasteiger partial charge in [-0.1, -0.05) is 15.9 Å². The lowest BCUT2D eigenvalue weighted by atomic mass is 10.3. The first-order valence-electron chi connectivity index (χ1n) is 5.36. The highest BCUT2D eigenvalue weighted by Gasteiger charge is 2.15. The number of aromatic nitrogens is 1. The fourth-order valence-corrected chi connectivity index (χ4v) is 2.69. The molecule has 0 radical (unpaired) electrons. The molecule has 0 unspecified atom stereocenters. The van der Waals surface area contributed by atoms with Crippen molar-refractivity contribution in [1.82, 2.24) is 4.98 Å². The Morgan fingerprint density at radius 1 is 1.20 bits per heavy atom. The van der Waals surface area contributed by atoms with Gasteiger partial charge in [0.1, 0.15) is 5.82 Å². The second-order valence-corrected chi connectivity index (χ2v) is 6.39. The lowest BCUT2D eigenvalue weighted by molar-refractivity contribution is 0.0697. The van der Waals surface area contributed by atoms with Gasteiger partial charge in [-0.25, -0.2) is 18.2 Å². The lowest BCUT2D eigenvalue weighted by Gasteiger charge is -2.07. The Morgan fingerprint density at radius 3 is 2.45 bits per heavy atom. The largest absolute Gasteiger partial charge is 0.478 e. The average molecular weight is 357 g/mol. The van der Waals surface area contributed by atoms with Crippen molar-refractivity contribution >= 4 is 37.7 Å².